The number of hydrogen-bond donors (Lipinski definition) is 3. The van der Waals surface area contributed by atoms with Crippen molar-refractivity contribution in [2.45, 2.75) is 90.5 Å². The van der Waals surface area contributed by atoms with Gasteiger partial charge in [0.2, 0.25) is 0 Å². The Hall–Kier alpha value is -0.820. The van der Waals surface area contributed by atoms with Gasteiger partial charge >= 0.3 is 0 Å². The Kier molecular flexibility index (Phi) is 5.99. The minimum Gasteiger partial charge on any atom is -0.396 e. The Morgan fingerprint density at radius 3 is 2.71 bits per heavy atom. The standard InChI is InChI=1S/C28H46N4O2/c1-18-10-11-28(17-33)19(14-18)6-7-21-22-8-9-23(27(22,2)15-24(29)26(21)28)25(34)16-31-12-13-32(30-31)20-4-3-5-20/h18-23,26,29-30,33H,3-17H2,1-2H3/t18-,19-,21-,22-,23+,26?,27-,28+/m0/s1. The highest BCUT2D eigenvalue weighted by molar-refractivity contribution is 5.90. The van der Waals surface area contributed by atoms with E-state index in [2.05, 4.69) is 29.4 Å². The van der Waals surface area contributed by atoms with Crippen LogP contribution in [0.5, 0.6) is 0 Å². The number of carbonyl (C=O) groups is 1. The van der Waals surface area contributed by atoms with E-state index in [4.69, 9.17) is 0 Å². The fraction of sp³-hybridized carbons (Fsp3) is 0.929. The van der Waals surface area contributed by atoms with Crippen LogP contribution in [0.1, 0.15) is 84.5 Å². The van der Waals surface area contributed by atoms with E-state index in [0.29, 0.717) is 36.1 Å². The van der Waals surface area contributed by atoms with E-state index in [-0.39, 0.29) is 29.3 Å². The molecule has 0 radical (unpaired) electrons. The van der Waals surface area contributed by atoms with Crippen molar-refractivity contribution in [1.29, 1.82) is 5.41 Å². The lowest BCUT2D eigenvalue weighted by molar-refractivity contribution is -0.132. The predicted octanol–water partition coefficient (Wildman–Crippen LogP) is 4.04. The predicted molar refractivity (Wildman–Crippen MR) is 133 cm³/mol. The molecule has 6 aliphatic rings. The van der Waals surface area contributed by atoms with Crippen LogP contribution in [-0.4, -0.2) is 58.9 Å². The average molecular weight is 471 g/mol. The Morgan fingerprint density at radius 2 is 1.97 bits per heavy atom. The van der Waals surface area contributed by atoms with Crippen molar-refractivity contribution in [1.82, 2.24) is 15.6 Å². The van der Waals surface area contributed by atoms with E-state index in [1.54, 1.807) is 0 Å². The number of nitrogens with one attached hydrogen (secondary N) is 2. The van der Waals surface area contributed by atoms with Crippen LogP contribution in [0.4, 0.5) is 0 Å². The van der Waals surface area contributed by atoms with Gasteiger partial charge in [0, 0.05) is 48.7 Å². The monoisotopic (exact) mass is 470 g/mol. The third-order valence-electron chi connectivity index (χ3n) is 11.8. The van der Waals surface area contributed by atoms with Gasteiger partial charge in [0.05, 0.1) is 6.54 Å². The van der Waals surface area contributed by atoms with Crippen molar-refractivity contribution in [2.75, 3.05) is 26.2 Å². The Labute approximate surface area is 205 Å². The van der Waals surface area contributed by atoms with E-state index in [1.807, 2.05) is 0 Å². The van der Waals surface area contributed by atoms with Gasteiger partial charge in [0.1, 0.15) is 0 Å². The Morgan fingerprint density at radius 1 is 1.15 bits per heavy atom. The summed E-state index contributed by atoms with van der Waals surface area (Å²) in [6.07, 6.45) is 12.7. The molecule has 0 aromatic carbocycles. The van der Waals surface area contributed by atoms with Crippen LogP contribution in [0.2, 0.25) is 0 Å². The molecule has 5 saturated carbocycles. The molecule has 34 heavy (non-hydrogen) atoms. The molecular weight excluding hydrogens is 424 g/mol. The van der Waals surface area contributed by atoms with Crippen LogP contribution in [0.25, 0.3) is 0 Å². The van der Waals surface area contributed by atoms with E-state index in [0.717, 1.165) is 50.4 Å². The first-order valence-electron chi connectivity index (χ1n) is 14.3. The van der Waals surface area contributed by atoms with Crippen LogP contribution >= 0.6 is 0 Å². The number of rotatable bonds is 5. The molecule has 0 bridgehead atoms. The number of ketones is 1. The zero-order valence-corrected chi connectivity index (χ0v) is 21.4. The molecule has 0 aromatic heterocycles. The van der Waals surface area contributed by atoms with Crippen molar-refractivity contribution < 1.29 is 9.90 Å². The van der Waals surface area contributed by atoms with Crippen LogP contribution in [0.3, 0.4) is 0 Å². The second kappa shape index (κ2) is 8.64. The second-order valence-electron chi connectivity index (χ2n) is 13.4. The molecule has 0 amide bonds. The number of fused-ring (bicyclic) bond motifs is 5. The molecule has 1 aliphatic heterocycles. The summed E-state index contributed by atoms with van der Waals surface area (Å²) in [7, 11) is 0. The summed E-state index contributed by atoms with van der Waals surface area (Å²) in [5.41, 5.74) is 4.23. The van der Waals surface area contributed by atoms with Crippen LogP contribution in [0, 0.1) is 51.7 Å². The average Bonchev–Trinajstić information content (AvgIpc) is 3.35. The number of nitrogens with zero attached hydrogens (tertiary/aromatic N) is 2. The maximum Gasteiger partial charge on any atom is 0.151 e. The summed E-state index contributed by atoms with van der Waals surface area (Å²) >= 11 is 0. The minimum atomic E-state index is -0.0752. The number of aliphatic hydroxyl groups excluding tert-OH is 1. The fourth-order valence-corrected chi connectivity index (χ4v) is 9.86. The number of aliphatic hydroxyl groups is 1. The summed E-state index contributed by atoms with van der Waals surface area (Å²) in [6.45, 7) is 7.39. The van der Waals surface area contributed by atoms with Crippen molar-refractivity contribution in [3.63, 3.8) is 0 Å². The summed E-state index contributed by atoms with van der Waals surface area (Å²) < 4.78 is 0. The number of hydrazine groups is 2. The van der Waals surface area contributed by atoms with Crippen LogP contribution in [-0.2, 0) is 4.79 Å². The largest absolute Gasteiger partial charge is 0.396 e. The summed E-state index contributed by atoms with van der Waals surface area (Å²) in [5.74, 6) is 3.04. The lowest BCUT2D eigenvalue weighted by atomic mass is 9.43. The van der Waals surface area contributed by atoms with E-state index in [1.165, 1.54) is 44.9 Å². The molecule has 3 N–H and O–H groups in total. The van der Waals surface area contributed by atoms with E-state index in [9.17, 15) is 15.3 Å². The van der Waals surface area contributed by atoms with Gasteiger partial charge in [-0.1, -0.05) is 26.7 Å². The molecule has 0 spiro atoms. The number of hydrogen-bond acceptors (Lipinski definition) is 6. The van der Waals surface area contributed by atoms with E-state index >= 15 is 0 Å². The van der Waals surface area contributed by atoms with Crippen molar-refractivity contribution in [3.8, 4) is 0 Å². The quantitative estimate of drug-likeness (QED) is 0.565. The lowest BCUT2D eigenvalue weighted by Gasteiger charge is -2.61. The van der Waals surface area contributed by atoms with Crippen molar-refractivity contribution >= 4 is 11.5 Å². The second-order valence-corrected chi connectivity index (χ2v) is 13.4. The number of carbonyl (C=O) groups excluding carboxylic acids is 1. The fourth-order valence-electron chi connectivity index (χ4n) is 9.86. The zero-order valence-electron chi connectivity index (χ0n) is 21.4. The maximum absolute atomic E-state index is 13.7. The summed E-state index contributed by atoms with van der Waals surface area (Å²) in [6, 6.07) is 0.654. The highest BCUT2D eigenvalue weighted by Crippen LogP contribution is 2.66. The van der Waals surface area contributed by atoms with Crippen LogP contribution in [0.15, 0.2) is 0 Å². The van der Waals surface area contributed by atoms with Gasteiger partial charge in [-0.25, -0.2) is 10.0 Å². The van der Waals surface area contributed by atoms with Gasteiger partial charge in [0.25, 0.3) is 0 Å². The molecule has 1 heterocycles. The molecule has 6 fully saturated rings. The van der Waals surface area contributed by atoms with E-state index < -0.39 is 0 Å². The first-order chi connectivity index (χ1) is 16.4. The highest BCUT2D eigenvalue weighted by Gasteiger charge is 2.64. The minimum absolute atomic E-state index is 0.0691. The van der Waals surface area contributed by atoms with Crippen molar-refractivity contribution in [3.05, 3.63) is 0 Å². The first-order valence-corrected chi connectivity index (χ1v) is 14.3. The Balaban J connectivity index is 1.18. The zero-order chi connectivity index (χ0) is 23.7. The van der Waals surface area contributed by atoms with Crippen molar-refractivity contribution in [2.24, 2.45) is 46.3 Å². The highest BCUT2D eigenvalue weighted by atomic mass is 16.3. The number of Topliss-reactive ketones (excluding diaryl/α,β-unsaturated/α-hetero) is 1. The normalized spacial score (nSPS) is 47.7. The first kappa shape index (κ1) is 23.6. The molecule has 1 unspecified atom stereocenters. The van der Waals surface area contributed by atoms with Gasteiger partial charge in [-0.2, -0.15) is 5.53 Å². The van der Waals surface area contributed by atoms with Gasteiger partial charge in [-0.15, -0.1) is 0 Å². The van der Waals surface area contributed by atoms with Gasteiger partial charge in [-0.3, -0.25) is 4.79 Å². The molecule has 8 atom stereocenters. The SMILES string of the molecule is C[C@H]1CC[C@]2(CO)C3C(=N)C[C@]4(C)[C@@H](C(=O)CN5CCN(C6CCC6)N5)CC[C@H]4[C@@H]3CC[C@H]2C1. The lowest BCUT2D eigenvalue weighted by Crippen LogP contribution is -2.60. The Bertz CT molecular complexity index is 829. The molecule has 6 heteroatoms. The molecule has 5 aliphatic carbocycles. The third-order valence-corrected chi connectivity index (χ3v) is 11.8. The molecule has 190 valence electrons. The molecule has 1 saturated heterocycles. The third kappa shape index (κ3) is 3.49. The topological polar surface area (TPSA) is 79.7 Å². The molecule has 0 aromatic rings. The maximum atomic E-state index is 13.7. The van der Waals surface area contributed by atoms with Gasteiger partial charge < -0.3 is 10.5 Å². The van der Waals surface area contributed by atoms with Gasteiger partial charge in [0.15, 0.2) is 5.78 Å². The smallest absolute Gasteiger partial charge is 0.151 e. The van der Waals surface area contributed by atoms with Crippen LogP contribution < -0.4 is 5.53 Å². The summed E-state index contributed by atoms with van der Waals surface area (Å²) in [4.78, 5) is 13.7. The molecule has 6 rings (SSSR count). The molecular formula is C28H46N4O2. The summed E-state index contributed by atoms with van der Waals surface area (Å²) in [5, 5.41) is 24.5. The molecule has 6 nitrogen and oxygen atoms in total. The van der Waals surface area contributed by atoms with Gasteiger partial charge in [-0.05, 0) is 86.9 Å².